The smallest absolute Gasteiger partial charge is 0.177 e. The van der Waals surface area contributed by atoms with Gasteiger partial charge in [-0.25, -0.2) is 9.50 Å². The average Bonchev–Trinajstić information content (AvgIpc) is 2.94. The summed E-state index contributed by atoms with van der Waals surface area (Å²) in [7, 11) is 1.90. The van der Waals surface area contributed by atoms with Gasteiger partial charge in [-0.2, -0.15) is 10.2 Å². The number of rotatable bonds is 3. The number of hydrogen-bond donors (Lipinski definition) is 1. The molecule has 1 N–H and O–H groups in total. The number of imidazole rings is 1. The summed E-state index contributed by atoms with van der Waals surface area (Å²) in [4.78, 5) is 4.24. The van der Waals surface area contributed by atoms with Crippen LogP contribution in [0.25, 0.3) is 5.65 Å². The van der Waals surface area contributed by atoms with E-state index in [1.54, 1.807) is 29.2 Å². The van der Waals surface area contributed by atoms with Crippen LogP contribution >= 0.6 is 11.6 Å². The highest BCUT2D eigenvalue weighted by Gasteiger charge is 2.06. The molecule has 6 nitrogen and oxygen atoms in total. The predicted octanol–water partition coefficient (Wildman–Crippen LogP) is 1.73. The van der Waals surface area contributed by atoms with E-state index in [1.807, 2.05) is 17.8 Å². The summed E-state index contributed by atoms with van der Waals surface area (Å²) in [5.74, 6) is 0. The molecule has 0 saturated carbocycles. The zero-order valence-electron chi connectivity index (χ0n) is 9.71. The van der Waals surface area contributed by atoms with Gasteiger partial charge in [0.05, 0.1) is 17.9 Å². The van der Waals surface area contributed by atoms with Crippen LogP contribution in [0.3, 0.4) is 0 Å². The first kappa shape index (κ1) is 11.0. The van der Waals surface area contributed by atoms with E-state index in [-0.39, 0.29) is 0 Å². The minimum absolute atomic E-state index is 0.424. The molecule has 3 rings (SSSR count). The van der Waals surface area contributed by atoms with Gasteiger partial charge in [0.2, 0.25) is 0 Å². The Balaban J connectivity index is 1.90. The molecule has 0 aliphatic carbocycles. The van der Waals surface area contributed by atoms with Gasteiger partial charge in [-0.3, -0.25) is 4.68 Å². The van der Waals surface area contributed by atoms with E-state index in [0.717, 1.165) is 17.0 Å². The maximum atomic E-state index is 5.96. The molecule has 0 atom stereocenters. The second-order valence-corrected chi connectivity index (χ2v) is 4.26. The number of aromatic nitrogens is 5. The molecular weight excluding hydrogens is 252 g/mol. The fraction of sp³-hybridized carbons (Fsp3) is 0.182. The SMILES string of the molecule is Cn1nccc1CNc1cc(Cl)nn2ccnc12. The lowest BCUT2D eigenvalue weighted by molar-refractivity contribution is 0.720. The standard InChI is InChI=1S/C11H11ClN6/c1-17-8(2-3-15-17)7-14-9-6-10(12)16-18-5-4-13-11(9)18/h2-6,14H,7H2,1H3. The molecular formula is C11H11ClN6. The minimum Gasteiger partial charge on any atom is -0.376 e. The molecule has 0 unspecified atom stereocenters. The molecule has 7 heteroatoms. The summed E-state index contributed by atoms with van der Waals surface area (Å²) in [6, 6.07) is 3.72. The highest BCUT2D eigenvalue weighted by atomic mass is 35.5. The van der Waals surface area contributed by atoms with Crippen LogP contribution in [0, 0.1) is 0 Å². The predicted molar refractivity (Wildman–Crippen MR) is 68.5 cm³/mol. The van der Waals surface area contributed by atoms with Crippen molar-refractivity contribution in [3.05, 3.63) is 41.6 Å². The maximum Gasteiger partial charge on any atom is 0.177 e. The summed E-state index contributed by atoms with van der Waals surface area (Å²) in [6.07, 6.45) is 5.21. The van der Waals surface area contributed by atoms with Gasteiger partial charge in [0.1, 0.15) is 0 Å². The second kappa shape index (κ2) is 4.30. The van der Waals surface area contributed by atoms with Gasteiger partial charge >= 0.3 is 0 Å². The lowest BCUT2D eigenvalue weighted by atomic mass is 10.4. The lowest BCUT2D eigenvalue weighted by Crippen LogP contribution is -2.07. The Bertz CT molecular complexity index is 686. The van der Waals surface area contributed by atoms with Crippen LogP contribution in [0.1, 0.15) is 5.69 Å². The summed E-state index contributed by atoms with van der Waals surface area (Å²) >= 11 is 5.96. The van der Waals surface area contributed by atoms with Crippen LogP contribution < -0.4 is 5.32 Å². The van der Waals surface area contributed by atoms with Gasteiger partial charge in [-0.05, 0) is 6.07 Å². The molecule has 0 aliphatic rings. The third-order valence-corrected chi connectivity index (χ3v) is 2.90. The maximum absolute atomic E-state index is 5.96. The largest absolute Gasteiger partial charge is 0.376 e. The van der Waals surface area contributed by atoms with Crippen molar-refractivity contribution in [2.24, 2.45) is 7.05 Å². The summed E-state index contributed by atoms with van der Waals surface area (Å²) in [5.41, 5.74) is 2.68. The molecule has 0 saturated heterocycles. The summed E-state index contributed by atoms with van der Waals surface area (Å²) in [5, 5.41) is 12.0. The first-order chi connectivity index (χ1) is 8.74. The van der Waals surface area contributed by atoms with Gasteiger partial charge < -0.3 is 5.32 Å². The third kappa shape index (κ3) is 1.91. The molecule has 0 amide bonds. The van der Waals surface area contributed by atoms with E-state index in [1.165, 1.54) is 0 Å². The topological polar surface area (TPSA) is 60.0 Å². The number of halogens is 1. The fourth-order valence-corrected chi connectivity index (χ4v) is 1.97. The Hall–Kier alpha value is -2.08. The van der Waals surface area contributed by atoms with E-state index >= 15 is 0 Å². The molecule has 18 heavy (non-hydrogen) atoms. The minimum atomic E-state index is 0.424. The number of anilines is 1. The zero-order valence-corrected chi connectivity index (χ0v) is 10.5. The van der Waals surface area contributed by atoms with Crippen molar-refractivity contribution in [1.29, 1.82) is 0 Å². The van der Waals surface area contributed by atoms with Crippen molar-refractivity contribution < 1.29 is 0 Å². The molecule has 0 aliphatic heterocycles. The monoisotopic (exact) mass is 262 g/mol. The summed E-state index contributed by atoms with van der Waals surface area (Å²) in [6.45, 7) is 0.652. The molecule has 0 radical (unpaired) electrons. The number of nitrogens with zero attached hydrogens (tertiary/aromatic N) is 5. The first-order valence-corrected chi connectivity index (χ1v) is 5.82. The van der Waals surface area contributed by atoms with Crippen molar-refractivity contribution in [1.82, 2.24) is 24.4 Å². The molecule has 0 aromatic carbocycles. The van der Waals surface area contributed by atoms with E-state index in [9.17, 15) is 0 Å². The fourth-order valence-electron chi connectivity index (χ4n) is 1.78. The van der Waals surface area contributed by atoms with Gasteiger partial charge in [0.25, 0.3) is 0 Å². The molecule has 0 spiro atoms. The number of aryl methyl sites for hydroxylation is 1. The Morgan fingerprint density at radius 3 is 3.06 bits per heavy atom. The highest BCUT2D eigenvalue weighted by molar-refractivity contribution is 6.29. The van der Waals surface area contributed by atoms with E-state index in [0.29, 0.717) is 11.7 Å². The van der Waals surface area contributed by atoms with E-state index in [2.05, 4.69) is 20.5 Å². The molecule has 0 fully saturated rings. The van der Waals surface area contributed by atoms with Gasteiger partial charge in [-0.1, -0.05) is 11.6 Å². The van der Waals surface area contributed by atoms with Crippen LogP contribution in [0.2, 0.25) is 5.15 Å². The number of nitrogens with one attached hydrogen (secondary N) is 1. The normalized spacial score (nSPS) is 11.0. The van der Waals surface area contributed by atoms with Crippen molar-refractivity contribution in [3.63, 3.8) is 0 Å². The molecule has 3 heterocycles. The van der Waals surface area contributed by atoms with E-state index in [4.69, 9.17) is 11.6 Å². The Morgan fingerprint density at radius 1 is 1.39 bits per heavy atom. The van der Waals surface area contributed by atoms with Crippen LogP contribution in [0.5, 0.6) is 0 Å². The van der Waals surface area contributed by atoms with Crippen LogP contribution in [0.4, 0.5) is 5.69 Å². The number of fused-ring (bicyclic) bond motifs is 1. The van der Waals surface area contributed by atoms with Crippen LogP contribution in [-0.4, -0.2) is 24.4 Å². The van der Waals surface area contributed by atoms with Crippen molar-refractivity contribution in [3.8, 4) is 0 Å². The quantitative estimate of drug-likeness (QED) is 0.781. The lowest BCUT2D eigenvalue weighted by Gasteiger charge is -2.08. The molecule has 3 aromatic heterocycles. The average molecular weight is 263 g/mol. The third-order valence-electron chi connectivity index (χ3n) is 2.71. The van der Waals surface area contributed by atoms with Gasteiger partial charge in [0.15, 0.2) is 10.8 Å². The van der Waals surface area contributed by atoms with E-state index < -0.39 is 0 Å². The number of hydrogen-bond acceptors (Lipinski definition) is 4. The first-order valence-electron chi connectivity index (χ1n) is 5.45. The molecule has 92 valence electrons. The van der Waals surface area contributed by atoms with Crippen molar-refractivity contribution in [2.75, 3.05) is 5.32 Å². The Labute approximate surface area is 108 Å². The van der Waals surface area contributed by atoms with Gasteiger partial charge in [0, 0.05) is 31.7 Å². The van der Waals surface area contributed by atoms with Crippen LogP contribution in [0.15, 0.2) is 30.7 Å². The Morgan fingerprint density at radius 2 is 2.28 bits per heavy atom. The highest BCUT2D eigenvalue weighted by Crippen LogP contribution is 2.19. The van der Waals surface area contributed by atoms with Gasteiger partial charge in [-0.15, -0.1) is 0 Å². The Kier molecular flexibility index (Phi) is 2.64. The second-order valence-electron chi connectivity index (χ2n) is 3.88. The molecule has 3 aromatic rings. The zero-order chi connectivity index (χ0) is 12.5. The molecule has 0 bridgehead atoms. The van der Waals surface area contributed by atoms with Crippen molar-refractivity contribution in [2.45, 2.75) is 6.54 Å². The van der Waals surface area contributed by atoms with Crippen LogP contribution in [-0.2, 0) is 13.6 Å². The summed E-state index contributed by atoms with van der Waals surface area (Å²) < 4.78 is 3.46. The van der Waals surface area contributed by atoms with Crippen molar-refractivity contribution >= 4 is 22.9 Å².